The molecular weight excluding hydrogens is 200 g/mol. The van der Waals surface area contributed by atoms with E-state index in [0.29, 0.717) is 18.8 Å². The topological polar surface area (TPSA) is 60.6 Å². The molecule has 2 aliphatic rings. The lowest BCUT2D eigenvalue weighted by Gasteiger charge is -2.12. The molecule has 5 nitrogen and oxygen atoms in total. The molecule has 0 aliphatic carbocycles. The third kappa shape index (κ3) is 3.02. The number of carbonyl (C=O) groups is 1. The number of rotatable bonds is 6. The van der Waals surface area contributed by atoms with Crippen molar-refractivity contribution in [1.29, 1.82) is 0 Å². The van der Waals surface area contributed by atoms with E-state index in [2.05, 4.69) is 6.58 Å². The fraction of sp³-hybridized carbons (Fsp3) is 0.700. The van der Waals surface area contributed by atoms with Crippen molar-refractivity contribution < 1.29 is 23.7 Å². The van der Waals surface area contributed by atoms with Crippen LogP contribution in [0.1, 0.15) is 6.92 Å². The van der Waals surface area contributed by atoms with Crippen molar-refractivity contribution in [3.8, 4) is 0 Å². The van der Waals surface area contributed by atoms with E-state index in [0.717, 1.165) is 6.61 Å². The SMILES string of the molecule is C=C(C)C(=O)OC1(COCC2CO2)CO1. The molecule has 2 fully saturated rings. The quantitative estimate of drug-likeness (QED) is 0.360. The molecule has 0 saturated carbocycles. The highest BCUT2D eigenvalue weighted by Gasteiger charge is 2.50. The van der Waals surface area contributed by atoms with E-state index in [1.165, 1.54) is 0 Å². The van der Waals surface area contributed by atoms with Gasteiger partial charge >= 0.3 is 5.97 Å². The summed E-state index contributed by atoms with van der Waals surface area (Å²) in [5.41, 5.74) is 0.357. The second-order valence-electron chi connectivity index (χ2n) is 3.84. The van der Waals surface area contributed by atoms with Gasteiger partial charge in [-0.15, -0.1) is 0 Å². The maximum atomic E-state index is 11.2. The van der Waals surface area contributed by atoms with Gasteiger partial charge in [-0.2, -0.15) is 0 Å². The average Bonchev–Trinajstić information content (AvgIpc) is 3.02. The van der Waals surface area contributed by atoms with Gasteiger partial charge in [0, 0.05) is 5.57 Å². The molecule has 2 unspecified atom stereocenters. The van der Waals surface area contributed by atoms with Gasteiger partial charge in [-0.1, -0.05) is 6.58 Å². The molecule has 0 bridgehead atoms. The van der Waals surface area contributed by atoms with Crippen molar-refractivity contribution in [2.75, 3.05) is 26.4 Å². The van der Waals surface area contributed by atoms with Gasteiger partial charge in [0.2, 0.25) is 0 Å². The molecule has 0 spiro atoms. The number of hydrogen-bond acceptors (Lipinski definition) is 5. The highest BCUT2D eigenvalue weighted by molar-refractivity contribution is 5.87. The van der Waals surface area contributed by atoms with Crippen molar-refractivity contribution >= 4 is 5.97 Å². The first-order chi connectivity index (χ1) is 7.11. The van der Waals surface area contributed by atoms with Crippen LogP contribution in [0.15, 0.2) is 12.2 Å². The summed E-state index contributed by atoms with van der Waals surface area (Å²) in [5.74, 6) is -1.32. The second-order valence-corrected chi connectivity index (χ2v) is 3.84. The van der Waals surface area contributed by atoms with E-state index >= 15 is 0 Å². The van der Waals surface area contributed by atoms with Gasteiger partial charge < -0.3 is 18.9 Å². The maximum Gasteiger partial charge on any atom is 0.335 e. The van der Waals surface area contributed by atoms with Crippen LogP contribution in [0.25, 0.3) is 0 Å². The van der Waals surface area contributed by atoms with Crippen LogP contribution in [0.3, 0.4) is 0 Å². The largest absolute Gasteiger partial charge is 0.425 e. The van der Waals surface area contributed by atoms with E-state index < -0.39 is 11.8 Å². The minimum Gasteiger partial charge on any atom is -0.425 e. The summed E-state index contributed by atoms with van der Waals surface area (Å²) in [6, 6.07) is 0. The van der Waals surface area contributed by atoms with Gasteiger partial charge in [-0.3, -0.25) is 0 Å². The van der Waals surface area contributed by atoms with Crippen LogP contribution in [0.5, 0.6) is 0 Å². The Bertz CT molecular complexity index is 278. The summed E-state index contributed by atoms with van der Waals surface area (Å²) in [7, 11) is 0. The maximum absolute atomic E-state index is 11.2. The lowest BCUT2D eigenvalue weighted by atomic mass is 10.3. The van der Waals surface area contributed by atoms with Crippen LogP contribution in [0.4, 0.5) is 0 Å². The predicted octanol–water partition coefficient (Wildman–Crippen LogP) is 0.248. The molecule has 2 heterocycles. The van der Waals surface area contributed by atoms with Crippen molar-refractivity contribution in [3.05, 3.63) is 12.2 Å². The Kier molecular flexibility index (Phi) is 2.77. The van der Waals surface area contributed by atoms with Crippen LogP contribution in [-0.4, -0.2) is 44.3 Å². The van der Waals surface area contributed by atoms with E-state index in [1.54, 1.807) is 6.92 Å². The minimum atomic E-state index is -0.870. The van der Waals surface area contributed by atoms with Crippen molar-refractivity contribution in [2.24, 2.45) is 0 Å². The van der Waals surface area contributed by atoms with Gasteiger partial charge in [0.15, 0.2) is 0 Å². The Morgan fingerprint density at radius 2 is 2.33 bits per heavy atom. The molecule has 5 heteroatoms. The Morgan fingerprint density at radius 1 is 1.67 bits per heavy atom. The summed E-state index contributed by atoms with van der Waals surface area (Å²) < 4.78 is 20.4. The molecule has 0 radical (unpaired) electrons. The molecule has 0 aromatic carbocycles. The van der Waals surface area contributed by atoms with Gasteiger partial charge in [-0.05, 0) is 6.92 Å². The van der Waals surface area contributed by atoms with Crippen molar-refractivity contribution in [1.82, 2.24) is 0 Å². The first kappa shape index (κ1) is 10.6. The number of ether oxygens (including phenoxy) is 4. The lowest BCUT2D eigenvalue weighted by Crippen LogP contribution is -2.28. The van der Waals surface area contributed by atoms with Gasteiger partial charge in [0.1, 0.15) is 19.3 Å². The molecule has 0 N–H and O–H groups in total. The van der Waals surface area contributed by atoms with E-state index in [1.807, 2.05) is 0 Å². The third-order valence-electron chi connectivity index (χ3n) is 2.12. The highest BCUT2D eigenvalue weighted by atomic mass is 16.8. The standard InChI is InChI=1S/C10H14O5/c1-7(2)9(11)15-10(6-14-10)5-12-3-8-4-13-8/h8H,1,3-6H2,2H3. The zero-order valence-electron chi connectivity index (χ0n) is 8.65. The molecule has 2 atom stereocenters. The van der Waals surface area contributed by atoms with Crippen LogP contribution in [-0.2, 0) is 23.7 Å². The summed E-state index contributed by atoms with van der Waals surface area (Å²) in [6.07, 6.45) is 0.206. The molecular formula is C10H14O5. The molecule has 84 valence electrons. The van der Waals surface area contributed by atoms with Gasteiger partial charge in [-0.25, -0.2) is 4.79 Å². The molecule has 15 heavy (non-hydrogen) atoms. The van der Waals surface area contributed by atoms with E-state index in [-0.39, 0.29) is 12.7 Å². The average molecular weight is 214 g/mol. The Hall–Kier alpha value is -0.910. The van der Waals surface area contributed by atoms with Gasteiger partial charge in [0.05, 0.1) is 13.2 Å². The number of epoxide rings is 2. The molecule has 2 rings (SSSR count). The fourth-order valence-electron chi connectivity index (χ4n) is 1.02. The summed E-state index contributed by atoms with van der Waals surface area (Å²) in [6.45, 7) is 7.00. The molecule has 2 saturated heterocycles. The number of hydrogen-bond donors (Lipinski definition) is 0. The normalized spacial score (nSPS) is 32.2. The zero-order valence-corrected chi connectivity index (χ0v) is 8.65. The summed E-state index contributed by atoms with van der Waals surface area (Å²) >= 11 is 0. The number of carbonyl (C=O) groups excluding carboxylic acids is 1. The molecule has 0 amide bonds. The smallest absolute Gasteiger partial charge is 0.335 e. The molecule has 0 aromatic rings. The first-order valence-corrected chi connectivity index (χ1v) is 4.83. The minimum absolute atomic E-state index is 0.206. The second kappa shape index (κ2) is 3.92. The fourth-order valence-corrected chi connectivity index (χ4v) is 1.02. The Labute approximate surface area is 87.9 Å². The van der Waals surface area contributed by atoms with E-state index in [4.69, 9.17) is 18.9 Å². The summed E-state index contributed by atoms with van der Waals surface area (Å²) in [5, 5.41) is 0. The third-order valence-corrected chi connectivity index (χ3v) is 2.12. The van der Waals surface area contributed by atoms with Crippen LogP contribution in [0, 0.1) is 0 Å². The first-order valence-electron chi connectivity index (χ1n) is 4.83. The predicted molar refractivity (Wildman–Crippen MR) is 50.1 cm³/mol. The van der Waals surface area contributed by atoms with Crippen LogP contribution >= 0.6 is 0 Å². The zero-order chi connectivity index (χ0) is 10.9. The van der Waals surface area contributed by atoms with Crippen LogP contribution in [0.2, 0.25) is 0 Å². The number of esters is 1. The van der Waals surface area contributed by atoms with Gasteiger partial charge in [0.25, 0.3) is 5.79 Å². The van der Waals surface area contributed by atoms with E-state index in [9.17, 15) is 4.79 Å². The Morgan fingerprint density at radius 3 is 2.80 bits per heavy atom. The monoisotopic (exact) mass is 214 g/mol. The van der Waals surface area contributed by atoms with Crippen molar-refractivity contribution in [3.63, 3.8) is 0 Å². The van der Waals surface area contributed by atoms with Crippen molar-refractivity contribution in [2.45, 2.75) is 18.8 Å². The molecule has 2 aliphatic heterocycles. The molecule has 0 aromatic heterocycles. The Balaban J connectivity index is 1.69. The lowest BCUT2D eigenvalue weighted by molar-refractivity contribution is -0.160. The highest BCUT2D eigenvalue weighted by Crippen LogP contribution is 2.30. The van der Waals surface area contributed by atoms with Crippen LogP contribution < -0.4 is 0 Å². The summed E-state index contributed by atoms with van der Waals surface area (Å²) in [4.78, 5) is 11.2.